The Balaban J connectivity index is 1.91. The number of aromatic nitrogens is 2. The van der Waals surface area contributed by atoms with Crippen LogP contribution in [0.15, 0.2) is 18.5 Å². The first-order valence-corrected chi connectivity index (χ1v) is 5.82. The summed E-state index contributed by atoms with van der Waals surface area (Å²) in [7, 11) is 0. The zero-order chi connectivity index (χ0) is 10.5. The van der Waals surface area contributed by atoms with Crippen molar-refractivity contribution in [1.29, 1.82) is 0 Å². The highest BCUT2D eigenvalue weighted by molar-refractivity contribution is 5.47. The van der Waals surface area contributed by atoms with Gasteiger partial charge in [0.15, 0.2) is 0 Å². The molecule has 1 aromatic rings. The normalized spacial score (nSPS) is 22.3. The van der Waals surface area contributed by atoms with Gasteiger partial charge in [-0.05, 0) is 26.3 Å². The van der Waals surface area contributed by atoms with Gasteiger partial charge in [-0.25, -0.2) is 0 Å². The standard InChI is InChI=1S/C12H19N3/c1-2-15-10-11(9-14-15)6-7-12-5-3-4-8-13-12/h6-7,9-10,12-13H,2-5,8H2,1H3/b7-6+. The molecule has 1 aliphatic rings. The van der Waals surface area contributed by atoms with Crippen LogP contribution in [0.5, 0.6) is 0 Å². The van der Waals surface area contributed by atoms with Crippen molar-refractivity contribution in [2.24, 2.45) is 0 Å². The Morgan fingerprint density at radius 2 is 2.53 bits per heavy atom. The Labute approximate surface area is 91.2 Å². The Morgan fingerprint density at radius 1 is 1.60 bits per heavy atom. The van der Waals surface area contributed by atoms with Gasteiger partial charge < -0.3 is 5.32 Å². The van der Waals surface area contributed by atoms with E-state index >= 15 is 0 Å². The molecule has 1 atom stereocenters. The number of hydrogen-bond acceptors (Lipinski definition) is 2. The molecular formula is C12H19N3. The summed E-state index contributed by atoms with van der Waals surface area (Å²) in [6.45, 7) is 4.20. The van der Waals surface area contributed by atoms with Crippen LogP contribution in [0.2, 0.25) is 0 Å². The highest BCUT2D eigenvalue weighted by Gasteiger charge is 2.08. The van der Waals surface area contributed by atoms with Crippen LogP contribution < -0.4 is 5.32 Å². The number of rotatable bonds is 3. The lowest BCUT2D eigenvalue weighted by molar-refractivity contribution is 0.455. The molecule has 2 heterocycles. The second kappa shape index (κ2) is 5.12. The molecule has 3 heteroatoms. The predicted molar refractivity (Wildman–Crippen MR) is 62.6 cm³/mol. The van der Waals surface area contributed by atoms with Crippen LogP contribution in [0, 0.1) is 0 Å². The maximum atomic E-state index is 4.24. The van der Waals surface area contributed by atoms with E-state index in [0.29, 0.717) is 6.04 Å². The van der Waals surface area contributed by atoms with E-state index in [1.807, 2.05) is 10.9 Å². The summed E-state index contributed by atoms with van der Waals surface area (Å²) in [6, 6.07) is 0.559. The molecule has 0 aromatic carbocycles. The first-order valence-electron chi connectivity index (χ1n) is 5.82. The van der Waals surface area contributed by atoms with Crippen molar-refractivity contribution >= 4 is 6.08 Å². The van der Waals surface area contributed by atoms with Crippen molar-refractivity contribution < 1.29 is 0 Å². The van der Waals surface area contributed by atoms with E-state index in [1.165, 1.54) is 24.8 Å². The maximum Gasteiger partial charge on any atom is 0.0562 e. The second-order valence-corrected chi connectivity index (χ2v) is 4.04. The van der Waals surface area contributed by atoms with E-state index in [4.69, 9.17) is 0 Å². The van der Waals surface area contributed by atoms with Gasteiger partial charge >= 0.3 is 0 Å². The number of nitrogens with one attached hydrogen (secondary N) is 1. The van der Waals surface area contributed by atoms with Gasteiger partial charge in [-0.15, -0.1) is 0 Å². The zero-order valence-electron chi connectivity index (χ0n) is 9.32. The quantitative estimate of drug-likeness (QED) is 0.818. The predicted octanol–water partition coefficient (Wildman–Crippen LogP) is 2.06. The lowest BCUT2D eigenvalue weighted by atomic mass is 10.0. The van der Waals surface area contributed by atoms with Crippen LogP contribution in [0.1, 0.15) is 31.7 Å². The molecular weight excluding hydrogens is 186 g/mol. The molecule has 0 aliphatic carbocycles. The van der Waals surface area contributed by atoms with Crippen LogP contribution in [0.25, 0.3) is 6.08 Å². The van der Waals surface area contributed by atoms with E-state index < -0.39 is 0 Å². The molecule has 1 aromatic heterocycles. The molecule has 1 fully saturated rings. The Hall–Kier alpha value is -1.09. The lowest BCUT2D eigenvalue weighted by Crippen LogP contribution is -2.31. The third-order valence-corrected chi connectivity index (χ3v) is 2.85. The summed E-state index contributed by atoms with van der Waals surface area (Å²) in [6.07, 6.45) is 12.4. The molecule has 15 heavy (non-hydrogen) atoms. The molecule has 82 valence electrons. The molecule has 1 aliphatic heterocycles. The van der Waals surface area contributed by atoms with Gasteiger partial charge in [0.05, 0.1) is 6.20 Å². The van der Waals surface area contributed by atoms with E-state index in [-0.39, 0.29) is 0 Å². The molecule has 1 unspecified atom stereocenters. The molecule has 0 radical (unpaired) electrons. The van der Waals surface area contributed by atoms with E-state index in [9.17, 15) is 0 Å². The minimum absolute atomic E-state index is 0.559. The monoisotopic (exact) mass is 205 g/mol. The summed E-state index contributed by atoms with van der Waals surface area (Å²) in [5.41, 5.74) is 1.20. The van der Waals surface area contributed by atoms with Crippen LogP contribution in [0.3, 0.4) is 0 Å². The van der Waals surface area contributed by atoms with E-state index in [2.05, 4.69) is 35.7 Å². The molecule has 0 bridgehead atoms. The van der Waals surface area contributed by atoms with Gasteiger partial charge in [0.25, 0.3) is 0 Å². The summed E-state index contributed by atoms with van der Waals surface area (Å²) < 4.78 is 1.95. The number of hydrogen-bond donors (Lipinski definition) is 1. The van der Waals surface area contributed by atoms with Gasteiger partial charge in [0.1, 0.15) is 0 Å². The molecule has 3 nitrogen and oxygen atoms in total. The summed E-state index contributed by atoms with van der Waals surface area (Å²) in [4.78, 5) is 0. The van der Waals surface area contributed by atoms with Crippen molar-refractivity contribution in [2.75, 3.05) is 6.54 Å². The smallest absolute Gasteiger partial charge is 0.0562 e. The van der Waals surface area contributed by atoms with Crippen LogP contribution in [-0.4, -0.2) is 22.4 Å². The third-order valence-electron chi connectivity index (χ3n) is 2.85. The highest BCUT2D eigenvalue weighted by atomic mass is 15.3. The van der Waals surface area contributed by atoms with E-state index in [0.717, 1.165) is 13.1 Å². The number of piperidine rings is 1. The number of nitrogens with zero attached hydrogens (tertiary/aromatic N) is 2. The summed E-state index contributed by atoms with van der Waals surface area (Å²) in [5, 5.41) is 7.74. The molecule has 2 rings (SSSR count). The molecule has 1 N–H and O–H groups in total. The fraction of sp³-hybridized carbons (Fsp3) is 0.583. The summed E-state index contributed by atoms with van der Waals surface area (Å²) >= 11 is 0. The first kappa shape index (κ1) is 10.4. The average molecular weight is 205 g/mol. The molecule has 0 saturated carbocycles. The van der Waals surface area contributed by atoms with Crippen molar-refractivity contribution in [2.45, 2.75) is 38.8 Å². The van der Waals surface area contributed by atoms with Crippen molar-refractivity contribution in [3.8, 4) is 0 Å². The molecule has 0 spiro atoms. The average Bonchev–Trinajstić information content (AvgIpc) is 2.76. The van der Waals surface area contributed by atoms with Crippen LogP contribution >= 0.6 is 0 Å². The number of aryl methyl sites for hydroxylation is 1. The second-order valence-electron chi connectivity index (χ2n) is 4.04. The topological polar surface area (TPSA) is 29.9 Å². The first-order chi connectivity index (χ1) is 7.38. The lowest BCUT2D eigenvalue weighted by Gasteiger charge is -2.19. The van der Waals surface area contributed by atoms with Crippen LogP contribution in [-0.2, 0) is 6.54 Å². The van der Waals surface area contributed by atoms with E-state index in [1.54, 1.807) is 0 Å². The van der Waals surface area contributed by atoms with Crippen molar-refractivity contribution in [3.05, 3.63) is 24.0 Å². The van der Waals surface area contributed by atoms with Gasteiger partial charge in [-0.3, -0.25) is 4.68 Å². The third kappa shape index (κ3) is 2.93. The van der Waals surface area contributed by atoms with Crippen LogP contribution in [0.4, 0.5) is 0 Å². The Morgan fingerprint density at radius 3 is 3.20 bits per heavy atom. The largest absolute Gasteiger partial charge is 0.311 e. The fourth-order valence-electron chi connectivity index (χ4n) is 1.91. The molecule has 0 amide bonds. The minimum Gasteiger partial charge on any atom is -0.311 e. The minimum atomic E-state index is 0.559. The highest BCUT2D eigenvalue weighted by Crippen LogP contribution is 2.10. The Bertz CT molecular complexity index is 321. The maximum absolute atomic E-state index is 4.24. The Kier molecular flexibility index (Phi) is 3.56. The van der Waals surface area contributed by atoms with Gasteiger partial charge in [-0.2, -0.15) is 5.10 Å². The summed E-state index contributed by atoms with van der Waals surface area (Å²) in [5.74, 6) is 0. The van der Waals surface area contributed by atoms with Gasteiger partial charge in [0.2, 0.25) is 0 Å². The van der Waals surface area contributed by atoms with Gasteiger partial charge in [-0.1, -0.05) is 18.6 Å². The SMILES string of the molecule is CCn1cc(/C=C/C2CCCCN2)cn1. The van der Waals surface area contributed by atoms with Crippen molar-refractivity contribution in [3.63, 3.8) is 0 Å². The zero-order valence-corrected chi connectivity index (χ0v) is 9.32. The molecule has 1 saturated heterocycles. The van der Waals surface area contributed by atoms with Crippen molar-refractivity contribution in [1.82, 2.24) is 15.1 Å². The van der Waals surface area contributed by atoms with Gasteiger partial charge in [0, 0.05) is 24.3 Å². The fourth-order valence-corrected chi connectivity index (χ4v) is 1.91.